The summed E-state index contributed by atoms with van der Waals surface area (Å²) in [5.41, 5.74) is 3.32. The number of aromatic nitrogens is 1. The molecule has 126 valence electrons. The molecule has 0 radical (unpaired) electrons. The van der Waals surface area contributed by atoms with Gasteiger partial charge in [-0.25, -0.2) is 9.37 Å². The van der Waals surface area contributed by atoms with Crippen LogP contribution >= 0.6 is 0 Å². The van der Waals surface area contributed by atoms with E-state index >= 15 is 0 Å². The Labute approximate surface area is 145 Å². The van der Waals surface area contributed by atoms with Crippen LogP contribution in [-0.2, 0) is 6.42 Å². The molecule has 2 aromatic carbocycles. The number of amides is 1. The molecule has 0 unspecified atom stereocenters. The Morgan fingerprint density at radius 3 is 2.64 bits per heavy atom. The molecule has 0 atom stereocenters. The van der Waals surface area contributed by atoms with E-state index in [0.717, 1.165) is 17.8 Å². The maximum Gasteiger partial charge on any atom is 0.256 e. The first-order valence-electron chi connectivity index (χ1n) is 8.03. The highest BCUT2D eigenvalue weighted by Gasteiger charge is 2.08. The lowest BCUT2D eigenvalue weighted by atomic mass is 10.1. The van der Waals surface area contributed by atoms with Crippen LogP contribution in [0, 0.1) is 5.82 Å². The van der Waals surface area contributed by atoms with Gasteiger partial charge >= 0.3 is 0 Å². The van der Waals surface area contributed by atoms with Crippen molar-refractivity contribution in [3.63, 3.8) is 0 Å². The predicted molar refractivity (Wildman–Crippen MR) is 97.7 cm³/mol. The minimum Gasteiger partial charge on any atom is -0.354 e. The monoisotopic (exact) mass is 335 g/mol. The van der Waals surface area contributed by atoms with Gasteiger partial charge in [-0.1, -0.05) is 31.2 Å². The van der Waals surface area contributed by atoms with Gasteiger partial charge in [0.2, 0.25) is 0 Å². The smallest absolute Gasteiger partial charge is 0.256 e. The topological polar surface area (TPSA) is 54.0 Å². The number of benzene rings is 2. The predicted octanol–water partition coefficient (Wildman–Crippen LogP) is 4.78. The Morgan fingerprint density at radius 1 is 1.08 bits per heavy atom. The molecule has 2 N–H and O–H groups in total. The average molecular weight is 335 g/mol. The molecule has 25 heavy (non-hydrogen) atoms. The molecule has 0 aliphatic carbocycles. The van der Waals surface area contributed by atoms with Crippen molar-refractivity contribution in [1.29, 1.82) is 0 Å². The van der Waals surface area contributed by atoms with Crippen molar-refractivity contribution in [1.82, 2.24) is 4.98 Å². The lowest BCUT2D eigenvalue weighted by Gasteiger charge is -2.11. The third-order valence-electron chi connectivity index (χ3n) is 3.77. The van der Waals surface area contributed by atoms with Crippen molar-refractivity contribution in [2.24, 2.45) is 0 Å². The molecule has 1 amide bonds. The fraction of sp³-hybridized carbons (Fsp3) is 0.100. The van der Waals surface area contributed by atoms with Gasteiger partial charge in [-0.3, -0.25) is 4.79 Å². The van der Waals surface area contributed by atoms with Gasteiger partial charge in [-0.2, -0.15) is 0 Å². The van der Waals surface area contributed by atoms with Crippen LogP contribution in [0.4, 0.5) is 21.6 Å². The van der Waals surface area contributed by atoms with Gasteiger partial charge in [-0.15, -0.1) is 0 Å². The average Bonchev–Trinajstić information content (AvgIpc) is 2.64. The number of hydrogen-bond acceptors (Lipinski definition) is 3. The van der Waals surface area contributed by atoms with E-state index in [1.165, 1.54) is 23.8 Å². The number of nitrogens with zero attached hydrogens (tertiary/aromatic N) is 1. The molecule has 0 saturated carbocycles. The SMILES string of the molecule is CCc1ccccc1Nc1ccc(NC(=O)c2cccc(F)c2)nc1. The molecule has 0 bridgehead atoms. The highest BCUT2D eigenvalue weighted by Crippen LogP contribution is 2.21. The molecule has 0 saturated heterocycles. The number of hydrogen-bond donors (Lipinski definition) is 2. The van der Waals surface area contributed by atoms with E-state index < -0.39 is 11.7 Å². The molecular weight excluding hydrogens is 317 g/mol. The second-order valence-corrected chi connectivity index (χ2v) is 5.53. The van der Waals surface area contributed by atoms with Crippen LogP contribution in [0.3, 0.4) is 0 Å². The largest absolute Gasteiger partial charge is 0.354 e. The van der Waals surface area contributed by atoms with Gasteiger partial charge in [0, 0.05) is 11.3 Å². The van der Waals surface area contributed by atoms with Crippen LogP contribution in [0.25, 0.3) is 0 Å². The quantitative estimate of drug-likeness (QED) is 0.705. The normalized spacial score (nSPS) is 10.3. The molecule has 5 heteroatoms. The van der Waals surface area contributed by atoms with Crippen LogP contribution in [-0.4, -0.2) is 10.9 Å². The van der Waals surface area contributed by atoms with E-state index in [0.29, 0.717) is 5.82 Å². The summed E-state index contributed by atoms with van der Waals surface area (Å²) in [5.74, 6) is -0.442. The molecule has 3 aromatic rings. The van der Waals surface area contributed by atoms with Crippen LogP contribution < -0.4 is 10.6 Å². The maximum atomic E-state index is 13.2. The molecular formula is C20H18FN3O. The molecule has 1 aromatic heterocycles. The summed E-state index contributed by atoms with van der Waals surface area (Å²) in [4.78, 5) is 16.3. The van der Waals surface area contributed by atoms with E-state index in [4.69, 9.17) is 0 Å². The number of halogens is 1. The summed E-state index contributed by atoms with van der Waals surface area (Å²) in [7, 11) is 0. The molecule has 1 heterocycles. The number of anilines is 3. The number of carbonyl (C=O) groups is 1. The molecule has 4 nitrogen and oxygen atoms in total. The van der Waals surface area contributed by atoms with Gasteiger partial charge in [0.15, 0.2) is 0 Å². The lowest BCUT2D eigenvalue weighted by Crippen LogP contribution is -2.13. The summed E-state index contributed by atoms with van der Waals surface area (Å²) in [5, 5.41) is 5.97. The van der Waals surface area contributed by atoms with Crippen molar-refractivity contribution in [3.05, 3.63) is 83.8 Å². The summed E-state index contributed by atoms with van der Waals surface area (Å²) in [6.45, 7) is 2.10. The summed E-state index contributed by atoms with van der Waals surface area (Å²) in [6.07, 6.45) is 2.58. The molecule has 0 fully saturated rings. The van der Waals surface area contributed by atoms with Crippen molar-refractivity contribution < 1.29 is 9.18 Å². The van der Waals surface area contributed by atoms with Crippen LogP contribution in [0.2, 0.25) is 0 Å². The standard InChI is InChI=1S/C20H18FN3O/c1-2-14-6-3-4-9-18(14)23-17-10-11-19(22-13-17)24-20(25)15-7-5-8-16(21)12-15/h3-13,23H,2H2,1H3,(H,22,24,25). The van der Waals surface area contributed by atoms with Crippen molar-refractivity contribution >= 4 is 23.1 Å². The van der Waals surface area contributed by atoms with Crippen LogP contribution in [0.1, 0.15) is 22.8 Å². The fourth-order valence-corrected chi connectivity index (χ4v) is 2.47. The van der Waals surface area contributed by atoms with E-state index in [9.17, 15) is 9.18 Å². The fourth-order valence-electron chi connectivity index (χ4n) is 2.47. The molecule has 0 aliphatic rings. The lowest BCUT2D eigenvalue weighted by molar-refractivity contribution is 0.102. The van der Waals surface area contributed by atoms with Crippen LogP contribution in [0.5, 0.6) is 0 Å². The Bertz CT molecular complexity index is 878. The number of pyridine rings is 1. The van der Waals surface area contributed by atoms with E-state index in [1.807, 2.05) is 24.3 Å². The number of rotatable bonds is 5. The third kappa shape index (κ3) is 4.20. The zero-order valence-corrected chi connectivity index (χ0v) is 13.8. The van der Waals surface area contributed by atoms with Crippen molar-refractivity contribution in [2.75, 3.05) is 10.6 Å². The highest BCUT2D eigenvalue weighted by atomic mass is 19.1. The Morgan fingerprint density at radius 2 is 1.92 bits per heavy atom. The number of carbonyl (C=O) groups excluding carboxylic acids is 1. The number of aryl methyl sites for hydroxylation is 1. The first kappa shape index (κ1) is 16.6. The first-order valence-corrected chi connectivity index (χ1v) is 8.03. The molecule has 0 aliphatic heterocycles. The van der Waals surface area contributed by atoms with Gasteiger partial charge in [-0.05, 0) is 48.4 Å². The second-order valence-electron chi connectivity index (χ2n) is 5.53. The van der Waals surface area contributed by atoms with Crippen LogP contribution in [0.15, 0.2) is 66.9 Å². The van der Waals surface area contributed by atoms with Gasteiger partial charge in [0.05, 0.1) is 11.9 Å². The van der Waals surface area contributed by atoms with Crippen molar-refractivity contribution in [3.8, 4) is 0 Å². The maximum absolute atomic E-state index is 13.2. The minimum absolute atomic E-state index is 0.251. The minimum atomic E-state index is -0.449. The second kappa shape index (κ2) is 7.57. The third-order valence-corrected chi connectivity index (χ3v) is 3.77. The highest BCUT2D eigenvalue weighted by molar-refractivity contribution is 6.03. The molecule has 3 rings (SSSR count). The first-order chi connectivity index (χ1) is 12.2. The summed E-state index contributed by atoms with van der Waals surface area (Å²) in [6, 6.07) is 17.1. The summed E-state index contributed by atoms with van der Waals surface area (Å²) < 4.78 is 13.2. The number of para-hydroxylation sites is 1. The zero-order valence-electron chi connectivity index (χ0n) is 13.8. The number of nitrogens with one attached hydrogen (secondary N) is 2. The Balaban J connectivity index is 1.69. The molecule has 0 spiro atoms. The van der Waals surface area contributed by atoms with Gasteiger partial charge < -0.3 is 10.6 Å². The van der Waals surface area contributed by atoms with E-state index in [1.54, 1.807) is 18.3 Å². The van der Waals surface area contributed by atoms with E-state index in [2.05, 4.69) is 28.6 Å². The van der Waals surface area contributed by atoms with Gasteiger partial charge in [0.25, 0.3) is 5.91 Å². The summed E-state index contributed by atoms with van der Waals surface area (Å²) >= 11 is 0. The van der Waals surface area contributed by atoms with Gasteiger partial charge in [0.1, 0.15) is 11.6 Å². The Hall–Kier alpha value is -3.21. The van der Waals surface area contributed by atoms with E-state index in [-0.39, 0.29) is 5.56 Å². The van der Waals surface area contributed by atoms with Crippen molar-refractivity contribution in [2.45, 2.75) is 13.3 Å². The Kier molecular flexibility index (Phi) is 5.04. The zero-order chi connectivity index (χ0) is 17.6.